The molecule has 152 valence electrons. The number of nitrogens with one attached hydrogen (secondary N) is 1. The maximum Gasteiger partial charge on any atom is 0.573 e. The number of aromatic nitrogens is 1. The number of halogens is 4. The Labute approximate surface area is 166 Å². The molecule has 2 aromatic carbocycles. The largest absolute Gasteiger partial charge is 0.573 e. The Balaban J connectivity index is 1.34. The summed E-state index contributed by atoms with van der Waals surface area (Å²) >= 11 is 1.35. The molecule has 5 nitrogen and oxygen atoms in total. The summed E-state index contributed by atoms with van der Waals surface area (Å²) in [7, 11) is 0. The fourth-order valence-corrected chi connectivity index (χ4v) is 4.04. The van der Waals surface area contributed by atoms with Gasteiger partial charge in [-0.1, -0.05) is 35.6 Å². The minimum absolute atomic E-state index is 0.0755. The number of hydrogen-bond donors (Lipinski definition) is 1. The minimum Gasteiger partial charge on any atom is -0.405 e. The molecule has 1 aliphatic rings. The third-order valence-electron chi connectivity index (χ3n) is 4.53. The Kier molecular flexibility index (Phi) is 5.03. The van der Waals surface area contributed by atoms with Crippen molar-refractivity contribution in [3.05, 3.63) is 53.8 Å². The molecule has 2 heterocycles. The van der Waals surface area contributed by atoms with Crippen LogP contribution in [0.15, 0.2) is 42.5 Å². The van der Waals surface area contributed by atoms with Gasteiger partial charge in [-0.3, -0.25) is 4.79 Å². The SMILES string of the molecule is O=C(NCc1ccccc1OC(F)(F)F)C1CN(c2nc3c(F)cccc3s2)C1. The highest BCUT2D eigenvalue weighted by atomic mass is 32.1. The Bertz CT molecular complexity index is 1050. The Morgan fingerprint density at radius 2 is 1.97 bits per heavy atom. The van der Waals surface area contributed by atoms with Gasteiger partial charge in [-0.2, -0.15) is 0 Å². The average molecular weight is 425 g/mol. The zero-order valence-corrected chi connectivity index (χ0v) is 15.7. The molecule has 0 unspecified atom stereocenters. The van der Waals surface area contributed by atoms with Gasteiger partial charge in [0.1, 0.15) is 17.1 Å². The normalized spacial score (nSPS) is 14.7. The highest BCUT2D eigenvalue weighted by Crippen LogP contribution is 2.34. The number of nitrogens with zero attached hydrogens (tertiary/aromatic N) is 2. The number of carbonyl (C=O) groups excluding carboxylic acids is 1. The first kappa shape index (κ1) is 19.4. The van der Waals surface area contributed by atoms with Gasteiger partial charge in [-0.25, -0.2) is 9.37 Å². The van der Waals surface area contributed by atoms with Crippen LogP contribution in [-0.4, -0.2) is 30.3 Å². The molecule has 1 amide bonds. The summed E-state index contributed by atoms with van der Waals surface area (Å²) in [6, 6.07) is 10.4. The van der Waals surface area contributed by atoms with Crippen molar-refractivity contribution in [2.24, 2.45) is 5.92 Å². The first-order valence-corrected chi connectivity index (χ1v) is 9.53. The average Bonchev–Trinajstić information content (AvgIpc) is 3.03. The molecule has 10 heteroatoms. The third kappa shape index (κ3) is 4.26. The summed E-state index contributed by atoms with van der Waals surface area (Å²) in [6.45, 7) is 0.746. The first-order valence-electron chi connectivity index (χ1n) is 8.71. The number of rotatable bonds is 5. The van der Waals surface area contributed by atoms with E-state index in [4.69, 9.17) is 0 Å². The van der Waals surface area contributed by atoms with Gasteiger partial charge in [-0.15, -0.1) is 13.2 Å². The van der Waals surface area contributed by atoms with Gasteiger partial charge >= 0.3 is 6.36 Å². The molecule has 0 bridgehead atoms. The van der Waals surface area contributed by atoms with E-state index in [0.29, 0.717) is 23.7 Å². The van der Waals surface area contributed by atoms with Gasteiger partial charge in [0, 0.05) is 25.2 Å². The van der Waals surface area contributed by atoms with E-state index in [1.165, 1.54) is 35.6 Å². The van der Waals surface area contributed by atoms with Gasteiger partial charge in [0.2, 0.25) is 5.91 Å². The van der Waals surface area contributed by atoms with Crippen LogP contribution in [0.25, 0.3) is 10.2 Å². The zero-order valence-electron chi connectivity index (χ0n) is 14.9. The van der Waals surface area contributed by atoms with E-state index in [-0.39, 0.29) is 35.5 Å². The van der Waals surface area contributed by atoms with E-state index in [0.717, 1.165) is 4.70 Å². The second-order valence-corrected chi connectivity index (χ2v) is 7.57. The summed E-state index contributed by atoms with van der Waals surface area (Å²) in [5, 5.41) is 3.28. The fraction of sp³-hybridized carbons (Fsp3) is 0.263. The molecule has 0 radical (unpaired) electrons. The predicted molar refractivity (Wildman–Crippen MR) is 100 cm³/mol. The predicted octanol–water partition coefficient (Wildman–Crippen LogP) is 4.09. The molecule has 1 aliphatic heterocycles. The highest BCUT2D eigenvalue weighted by molar-refractivity contribution is 7.22. The van der Waals surface area contributed by atoms with Crippen molar-refractivity contribution in [1.82, 2.24) is 10.3 Å². The standard InChI is InChI=1S/C19H15F4N3O2S/c20-13-5-3-7-15-16(13)25-18(29-15)26-9-12(10-26)17(27)24-8-11-4-1-2-6-14(11)28-19(21,22)23/h1-7,12H,8-10H2,(H,24,27). The van der Waals surface area contributed by atoms with E-state index in [1.807, 2.05) is 4.90 Å². The summed E-state index contributed by atoms with van der Waals surface area (Å²) < 4.78 is 55.9. The minimum atomic E-state index is -4.80. The van der Waals surface area contributed by atoms with Crippen LogP contribution in [0.5, 0.6) is 5.75 Å². The second kappa shape index (κ2) is 7.51. The Morgan fingerprint density at radius 3 is 2.69 bits per heavy atom. The number of benzene rings is 2. The lowest BCUT2D eigenvalue weighted by Gasteiger charge is -2.38. The number of amides is 1. The van der Waals surface area contributed by atoms with Crippen LogP contribution in [0.4, 0.5) is 22.7 Å². The van der Waals surface area contributed by atoms with Crippen molar-refractivity contribution < 1.29 is 27.1 Å². The van der Waals surface area contributed by atoms with E-state index >= 15 is 0 Å². The molecule has 4 rings (SSSR count). The topological polar surface area (TPSA) is 54.5 Å². The van der Waals surface area contributed by atoms with Gasteiger partial charge in [0.15, 0.2) is 5.13 Å². The van der Waals surface area contributed by atoms with Crippen LogP contribution in [0.3, 0.4) is 0 Å². The molecule has 29 heavy (non-hydrogen) atoms. The number of hydrogen-bond acceptors (Lipinski definition) is 5. The van der Waals surface area contributed by atoms with Crippen molar-refractivity contribution in [2.75, 3.05) is 18.0 Å². The van der Waals surface area contributed by atoms with Crippen LogP contribution >= 0.6 is 11.3 Å². The molecular formula is C19H15F4N3O2S. The second-order valence-electron chi connectivity index (χ2n) is 6.56. The Hall–Kier alpha value is -2.88. The smallest absolute Gasteiger partial charge is 0.405 e. The quantitative estimate of drug-likeness (QED) is 0.626. The maximum atomic E-state index is 13.8. The molecule has 0 spiro atoms. The molecule has 3 aromatic rings. The van der Waals surface area contributed by atoms with Gasteiger partial charge in [0.05, 0.1) is 10.6 Å². The first-order chi connectivity index (χ1) is 13.8. The number of alkyl halides is 3. The number of para-hydroxylation sites is 2. The number of fused-ring (bicyclic) bond motifs is 1. The highest BCUT2D eigenvalue weighted by Gasteiger charge is 2.35. The maximum absolute atomic E-state index is 13.8. The van der Waals surface area contributed by atoms with Crippen molar-refractivity contribution in [1.29, 1.82) is 0 Å². The lowest BCUT2D eigenvalue weighted by molar-refractivity contribution is -0.274. The summed E-state index contributed by atoms with van der Waals surface area (Å²) in [4.78, 5) is 18.5. The summed E-state index contributed by atoms with van der Waals surface area (Å²) in [5.41, 5.74) is 0.540. The van der Waals surface area contributed by atoms with Crippen molar-refractivity contribution in [2.45, 2.75) is 12.9 Å². The molecule has 1 fully saturated rings. The summed E-state index contributed by atoms with van der Waals surface area (Å²) in [6.07, 6.45) is -4.80. The molecule has 0 aliphatic carbocycles. The van der Waals surface area contributed by atoms with E-state index in [1.54, 1.807) is 18.2 Å². The number of anilines is 1. The third-order valence-corrected chi connectivity index (χ3v) is 5.61. The summed E-state index contributed by atoms with van der Waals surface area (Å²) in [5.74, 6) is -1.32. The molecular weight excluding hydrogens is 410 g/mol. The molecule has 0 atom stereocenters. The Morgan fingerprint density at radius 1 is 1.21 bits per heavy atom. The molecule has 0 saturated carbocycles. The van der Waals surface area contributed by atoms with Crippen molar-refractivity contribution in [3.63, 3.8) is 0 Å². The number of thiazole rings is 1. The lowest BCUT2D eigenvalue weighted by atomic mass is 10.00. The molecule has 1 aromatic heterocycles. The van der Waals surface area contributed by atoms with Crippen LogP contribution in [-0.2, 0) is 11.3 Å². The van der Waals surface area contributed by atoms with Gasteiger partial charge < -0.3 is 15.0 Å². The number of ether oxygens (including phenoxy) is 1. The van der Waals surface area contributed by atoms with Crippen molar-refractivity contribution >= 4 is 32.6 Å². The van der Waals surface area contributed by atoms with Crippen molar-refractivity contribution in [3.8, 4) is 5.75 Å². The van der Waals surface area contributed by atoms with Gasteiger partial charge in [0.25, 0.3) is 0 Å². The molecule has 1 saturated heterocycles. The fourth-order valence-electron chi connectivity index (χ4n) is 3.04. The van der Waals surface area contributed by atoms with E-state index in [9.17, 15) is 22.4 Å². The van der Waals surface area contributed by atoms with E-state index < -0.39 is 6.36 Å². The van der Waals surface area contributed by atoms with Crippen LogP contribution in [0.1, 0.15) is 5.56 Å². The monoisotopic (exact) mass is 425 g/mol. The van der Waals surface area contributed by atoms with E-state index in [2.05, 4.69) is 15.0 Å². The molecule has 1 N–H and O–H groups in total. The van der Waals surface area contributed by atoms with Crippen LogP contribution in [0, 0.1) is 11.7 Å². The number of carbonyl (C=O) groups is 1. The van der Waals surface area contributed by atoms with Crippen LogP contribution < -0.4 is 15.0 Å². The van der Waals surface area contributed by atoms with Gasteiger partial charge in [-0.05, 0) is 18.2 Å². The zero-order chi connectivity index (χ0) is 20.6. The van der Waals surface area contributed by atoms with Crippen LogP contribution in [0.2, 0.25) is 0 Å². The lowest BCUT2D eigenvalue weighted by Crippen LogP contribution is -2.53.